The van der Waals surface area contributed by atoms with Crippen LogP contribution < -0.4 is 10.1 Å². The van der Waals surface area contributed by atoms with Crippen LogP contribution in [0.5, 0.6) is 5.75 Å². The minimum atomic E-state index is -0.606. The van der Waals surface area contributed by atoms with Gasteiger partial charge < -0.3 is 19.7 Å². The molecule has 0 bridgehead atoms. The molecular formula is C15H21N3O2. The van der Waals surface area contributed by atoms with Crippen LogP contribution >= 0.6 is 0 Å². The average molecular weight is 275 g/mol. The number of rotatable bonds is 6. The van der Waals surface area contributed by atoms with Crippen molar-refractivity contribution in [3.63, 3.8) is 0 Å². The number of aryl methyl sites for hydroxylation is 2. The lowest BCUT2D eigenvalue weighted by atomic mass is 10.1. The number of hydrogen-bond donors (Lipinski definition) is 2. The van der Waals surface area contributed by atoms with Crippen LogP contribution in [0.3, 0.4) is 0 Å². The Balaban J connectivity index is 1.96. The fourth-order valence-electron chi connectivity index (χ4n) is 2.11. The first-order valence-electron chi connectivity index (χ1n) is 6.61. The Morgan fingerprint density at radius 2 is 2.25 bits per heavy atom. The second-order valence-electron chi connectivity index (χ2n) is 4.85. The van der Waals surface area contributed by atoms with E-state index in [1.165, 1.54) is 0 Å². The Morgan fingerprint density at radius 1 is 1.45 bits per heavy atom. The van der Waals surface area contributed by atoms with Crippen LogP contribution in [0.2, 0.25) is 0 Å². The van der Waals surface area contributed by atoms with Gasteiger partial charge in [-0.2, -0.15) is 0 Å². The maximum absolute atomic E-state index is 10.3. The van der Waals surface area contributed by atoms with E-state index < -0.39 is 6.10 Å². The lowest BCUT2D eigenvalue weighted by Gasteiger charge is -2.16. The molecule has 0 radical (unpaired) electrons. The normalized spacial score (nSPS) is 12.4. The molecule has 1 aromatic heterocycles. The highest BCUT2D eigenvalue weighted by Crippen LogP contribution is 2.25. The Morgan fingerprint density at radius 3 is 2.90 bits per heavy atom. The zero-order valence-corrected chi connectivity index (χ0v) is 12.1. The second-order valence-corrected chi connectivity index (χ2v) is 4.85. The van der Waals surface area contributed by atoms with Crippen LogP contribution in [0, 0.1) is 6.92 Å². The molecule has 0 saturated carbocycles. The number of methoxy groups -OCH3 is 1. The van der Waals surface area contributed by atoms with Crippen molar-refractivity contribution in [3.05, 3.63) is 47.5 Å². The number of ether oxygens (including phenoxy) is 1. The summed E-state index contributed by atoms with van der Waals surface area (Å²) in [5.74, 6) is 1.65. The van der Waals surface area contributed by atoms with Crippen LogP contribution in [0.15, 0.2) is 30.6 Å². The first-order chi connectivity index (χ1) is 9.61. The Hall–Kier alpha value is -1.85. The number of aromatic nitrogens is 2. The molecule has 0 spiro atoms. The van der Waals surface area contributed by atoms with Crippen LogP contribution in [0.1, 0.15) is 23.1 Å². The van der Waals surface area contributed by atoms with Gasteiger partial charge in [-0.3, -0.25) is 0 Å². The van der Waals surface area contributed by atoms with Crippen LogP contribution in [0.4, 0.5) is 0 Å². The van der Waals surface area contributed by atoms with Crippen LogP contribution in [-0.2, 0) is 13.6 Å². The molecule has 108 valence electrons. The summed E-state index contributed by atoms with van der Waals surface area (Å²) in [6, 6.07) is 5.80. The maximum Gasteiger partial charge on any atom is 0.124 e. The summed E-state index contributed by atoms with van der Waals surface area (Å²) in [6.45, 7) is 3.07. The van der Waals surface area contributed by atoms with Gasteiger partial charge in [0.25, 0.3) is 0 Å². The molecule has 2 rings (SSSR count). The van der Waals surface area contributed by atoms with Gasteiger partial charge in [0.1, 0.15) is 11.6 Å². The van der Waals surface area contributed by atoms with Crippen LogP contribution in [0.25, 0.3) is 0 Å². The molecule has 0 aliphatic carbocycles. The maximum atomic E-state index is 10.3. The summed E-state index contributed by atoms with van der Waals surface area (Å²) in [4.78, 5) is 4.23. The molecule has 1 atom stereocenters. The van der Waals surface area contributed by atoms with E-state index in [2.05, 4.69) is 10.3 Å². The Labute approximate surface area is 119 Å². The molecule has 0 fully saturated rings. The van der Waals surface area contributed by atoms with Gasteiger partial charge in [-0.25, -0.2) is 4.98 Å². The fourth-order valence-corrected chi connectivity index (χ4v) is 2.11. The van der Waals surface area contributed by atoms with Crippen molar-refractivity contribution in [3.8, 4) is 5.75 Å². The third kappa shape index (κ3) is 3.37. The van der Waals surface area contributed by atoms with E-state index in [9.17, 15) is 5.11 Å². The molecule has 1 heterocycles. The van der Waals surface area contributed by atoms with Crippen molar-refractivity contribution in [2.24, 2.45) is 7.05 Å². The molecule has 1 unspecified atom stereocenters. The third-order valence-corrected chi connectivity index (χ3v) is 3.29. The first kappa shape index (κ1) is 14.6. The number of nitrogens with one attached hydrogen (secondary N) is 1. The number of aliphatic hydroxyl groups excluding tert-OH is 1. The van der Waals surface area contributed by atoms with Gasteiger partial charge >= 0.3 is 0 Å². The Bertz CT molecular complexity index is 566. The van der Waals surface area contributed by atoms with Gasteiger partial charge in [0.2, 0.25) is 0 Å². The van der Waals surface area contributed by atoms with Crippen molar-refractivity contribution in [2.75, 3.05) is 13.7 Å². The van der Waals surface area contributed by atoms with Crippen LogP contribution in [-0.4, -0.2) is 28.3 Å². The number of benzene rings is 1. The summed E-state index contributed by atoms with van der Waals surface area (Å²) in [5, 5.41) is 13.5. The summed E-state index contributed by atoms with van der Waals surface area (Å²) >= 11 is 0. The molecule has 0 aliphatic rings. The predicted octanol–water partition coefficient (Wildman–Crippen LogP) is 1.56. The van der Waals surface area contributed by atoms with E-state index in [-0.39, 0.29) is 0 Å². The van der Waals surface area contributed by atoms with Crippen molar-refractivity contribution in [1.82, 2.24) is 14.9 Å². The third-order valence-electron chi connectivity index (χ3n) is 3.29. The molecule has 20 heavy (non-hydrogen) atoms. The lowest BCUT2D eigenvalue weighted by Crippen LogP contribution is -2.23. The minimum Gasteiger partial charge on any atom is -0.496 e. The number of hydrogen-bond acceptors (Lipinski definition) is 4. The molecule has 2 N–H and O–H groups in total. The zero-order valence-electron chi connectivity index (χ0n) is 12.1. The van der Waals surface area contributed by atoms with Gasteiger partial charge in [-0.05, 0) is 19.1 Å². The molecule has 2 aromatic rings. The fraction of sp³-hybridized carbons (Fsp3) is 0.400. The van der Waals surface area contributed by atoms with E-state index in [4.69, 9.17) is 4.74 Å². The molecule has 0 amide bonds. The summed E-state index contributed by atoms with van der Waals surface area (Å²) < 4.78 is 7.24. The van der Waals surface area contributed by atoms with Gasteiger partial charge in [-0.15, -0.1) is 0 Å². The van der Waals surface area contributed by atoms with Crippen molar-refractivity contribution >= 4 is 0 Å². The van der Waals surface area contributed by atoms with Gasteiger partial charge in [0, 0.05) is 31.5 Å². The summed E-state index contributed by atoms with van der Waals surface area (Å²) in [7, 11) is 3.56. The van der Waals surface area contributed by atoms with Crippen molar-refractivity contribution < 1.29 is 9.84 Å². The molecule has 0 aliphatic heterocycles. The topological polar surface area (TPSA) is 59.3 Å². The SMILES string of the molecule is COc1ccc(C)cc1C(O)CNCc1nccn1C. The average Bonchev–Trinajstić information content (AvgIpc) is 2.84. The largest absolute Gasteiger partial charge is 0.496 e. The lowest BCUT2D eigenvalue weighted by molar-refractivity contribution is 0.169. The van der Waals surface area contributed by atoms with Gasteiger partial charge in [0.05, 0.1) is 19.8 Å². The standard InChI is InChI=1S/C15H21N3O2/c1-11-4-5-14(20-3)12(8-11)13(19)9-16-10-15-17-6-7-18(15)2/h4-8,13,16,19H,9-10H2,1-3H3. The first-order valence-corrected chi connectivity index (χ1v) is 6.61. The minimum absolute atomic E-state index is 0.451. The van der Waals surface area contributed by atoms with E-state index in [1.54, 1.807) is 13.3 Å². The van der Waals surface area contributed by atoms with Crippen molar-refractivity contribution in [1.29, 1.82) is 0 Å². The molecular weight excluding hydrogens is 254 g/mol. The van der Waals surface area contributed by atoms with Gasteiger partial charge in [0.15, 0.2) is 0 Å². The van der Waals surface area contributed by atoms with E-state index in [0.717, 1.165) is 17.0 Å². The molecule has 1 aromatic carbocycles. The van der Waals surface area contributed by atoms with E-state index in [0.29, 0.717) is 18.8 Å². The van der Waals surface area contributed by atoms with E-state index in [1.807, 2.05) is 42.9 Å². The number of nitrogens with zero attached hydrogens (tertiary/aromatic N) is 2. The highest BCUT2D eigenvalue weighted by Gasteiger charge is 2.13. The number of aliphatic hydroxyl groups is 1. The monoisotopic (exact) mass is 275 g/mol. The molecule has 5 nitrogen and oxygen atoms in total. The van der Waals surface area contributed by atoms with E-state index >= 15 is 0 Å². The quantitative estimate of drug-likeness (QED) is 0.840. The zero-order chi connectivity index (χ0) is 14.5. The highest BCUT2D eigenvalue weighted by molar-refractivity contribution is 5.38. The smallest absolute Gasteiger partial charge is 0.124 e. The Kier molecular flexibility index (Phi) is 4.76. The predicted molar refractivity (Wildman–Crippen MR) is 77.6 cm³/mol. The highest BCUT2D eigenvalue weighted by atomic mass is 16.5. The van der Waals surface area contributed by atoms with Crippen molar-refractivity contribution in [2.45, 2.75) is 19.6 Å². The van der Waals surface area contributed by atoms with Gasteiger partial charge in [-0.1, -0.05) is 11.6 Å². The number of imidazole rings is 1. The second kappa shape index (κ2) is 6.54. The summed E-state index contributed by atoms with van der Waals surface area (Å²) in [5.41, 5.74) is 1.91. The molecule has 5 heteroatoms. The summed E-state index contributed by atoms with van der Waals surface area (Å²) in [6.07, 6.45) is 3.05. The molecule has 0 saturated heterocycles.